The standard InChI is InChI=1S/C14H20BrN3.C3H8/c15-13-5-4-12(11-16)14(10-13)17-6-3-9-18-7-1-2-8-18;1-3-2/h4-5,10-11,16-17H,1-3,6-9H2;3H2,1-2H3. The largest absolute Gasteiger partial charge is 0.384 e. The van der Waals surface area contributed by atoms with Crippen LogP contribution in [-0.2, 0) is 0 Å². The fraction of sp³-hybridized carbons (Fsp3) is 0.588. The van der Waals surface area contributed by atoms with Crippen molar-refractivity contribution in [3.63, 3.8) is 0 Å². The van der Waals surface area contributed by atoms with Crippen molar-refractivity contribution in [2.45, 2.75) is 39.5 Å². The second-order valence-corrected chi connectivity index (χ2v) is 6.33. The van der Waals surface area contributed by atoms with E-state index in [2.05, 4.69) is 40.0 Å². The van der Waals surface area contributed by atoms with Gasteiger partial charge in [-0.25, -0.2) is 0 Å². The summed E-state index contributed by atoms with van der Waals surface area (Å²) in [6.07, 6.45) is 6.52. The first kappa shape index (κ1) is 18.2. The van der Waals surface area contributed by atoms with Gasteiger partial charge in [-0.3, -0.25) is 0 Å². The molecule has 1 aromatic carbocycles. The molecular formula is C17H28BrN3. The molecule has 1 aromatic rings. The minimum atomic E-state index is 0.944. The van der Waals surface area contributed by atoms with Crippen molar-refractivity contribution in [3.05, 3.63) is 28.2 Å². The molecule has 0 aromatic heterocycles. The zero-order valence-corrected chi connectivity index (χ0v) is 14.9. The molecule has 1 fully saturated rings. The van der Waals surface area contributed by atoms with Crippen LogP contribution in [0.1, 0.15) is 45.1 Å². The smallest absolute Gasteiger partial charge is 0.0440 e. The average Bonchev–Trinajstić information content (AvgIpc) is 2.98. The highest BCUT2D eigenvalue weighted by Gasteiger charge is 2.10. The van der Waals surface area contributed by atoms with Crippen LogP contribution in [0.3, 0.4) is 0 Å². The zero-order valence-electron chi connectivity index (χ0n) is 13.3. The monoisotopic (exact) mass is 353 g/mol. The molecule has 2 rings (SSSR count). The molecule has 0 amide bonds. The molecule has 1 heterocycles. The highest BCUT2D eigenvalue weighted by molar-refractivity contribution is 9.10. The van der Waals surface area contributed by atoms with Gasteiger partial charge in [0, 0.05) is 28.5 Å². The second kappa shape index (κ2) is 10.8. The molecular weight excluding hydrogens is 326 g/mol. The molecule has 0 radical (unpaired) electrons. The van der Waals surface area contributed by atoms with Gasteiger partial charge in [0.1, 0.15) is 0 Å². The molecule has 1 aliphatic rings. The van der Waals surface area contributed by atoms with Crippen LogP contribution in [0.15, 0.2) is 22.7 Å². The summed E-state index contributed by atoms with van der Waals surface area (Å²) in [5, 5.41) is 10.8. The van der Waals surface area contributed by atoms with Crippen LogP contribution in [-0.4, -0.2) is 37.3 Å². The number of rotatable bonds is 6. The third-order valence-corrected chi connectivity index (χ3v) is 3.83. The summed E-state index contributed by atoms with van der Waals surface area (Å²) >= 11 is 3.47. The SMILES string of the molecule is CCC.N=Cc1ccc(Br)cc1NCCCN1CCCC1. The lowest BCUT2D eigenvalue weighted by atomic mass is 10.2. The Hall–Kier alpha value is -0.870. The van der Waals surface area contributed by atoms with E-state index in [1.807, 2.05) is 18.2 Å². The summed E-state index contributed by atoms with van der Waals surface area (Å²) < 4.78 is 1.05. The molecule has 1 saturated heterocycles. The fourth-order valence-electron chi connectivity index (χ4n) is 2.34. The third-order valence-electron chi connectivity index (χ3n) is 3.34. The summed E-state index contributed by atoms with van der Waals surface area (Å²) in [6.45, 7) is 8.93. The van der Waals surface area contributed by atoms with Crippen LogP contribution >= 0.6 is 15.9 Å². The average molecular weight is 354 g/mol. The van der Waals surface area contributed by atoms with Gasteiger partial charge in [-0.1, -0.05) is 42.3 Å². The van der Waals surface area contributed by atoms with Crippen LogP contribution in [0.25, 0.3) is 0 Å². The van der Waals surface area contributed by atoms with Crippen molar-refractivity contribution in [1.29, 1.82) is 5.41 Å². The van der Waals surface area contributed by atoms with Crippen molar-refractivity contribution < 1.29 is 0 Å². The molecule has 0 spiro atoms. The van der Waals surface area contributed by atoms with Gasteiger partial charge >= 0.3 is 0 Å². The van der Waals surface area contributed by atoms with Gasteiger partial charge in [0.05, 0.1) is 0 Å². The summed E-state index contributed by atoms with van der Waals surface area (Å²) in [5.41, 5.74) is 1.99. The van der Waals surface area contributed by atoms with Gasteiger partial charge in [0.2, 0.25) is 0 Å². The Morgan fingerprint density at radius 1 is 1.29 bits per heavy atom. The quantitative estimate of drug-likeness (QED) is 0.571. The van der Waals surface area contributed by atoms with Crippen molar-refractivity contribution in [3.8, 4) is 0 Å². The van der Waals surface area contributed by atoms with E-state index in [1.165, 1.54) is 45.1 Å². The third kappa shape index (κ3) is 7.09. The first-order valence-electron chi connectivity index (χ1n) is 7.97. The van der Waals surface area contributed by atoms with E-state index < -0.39 is 0 Å². The maximum absolute atomic E-state index is 7.38. The van der Waals surface area contributed by atoms with Gasteiger partial charge in [0.25, 0.3) is 0 Å². The molecule has 0 bridgehead atoms. The van der Waals surface area contributed by atoms with E-state index in [-0.39, 0.29) is 0 Å². The van der Waals surface area contributed by atoms with Gasteiger partial charge in [0.15, 0.2) is 0 Å². The Labute approximate surface area is 137 Å². The van der Waals surface area contributed by atoms with E-state index in [0.29, 0.717) is 0 Å². The van der Waals surface area contributed by atoms with Crippen molar-refractivity contribution in [1.82, 2.24) is 4.90 Å². The van der Waals surface area contributed by atoms with E-state index >= 15 is 0 Å². The Morgan fingerprint density at radius 3 is 2.57 bits per heavy atom. The predicted molar refractivity (Wildman–Crippen MR) is 96.8 cm³/mol. The Morgan fingerprint density at radius 2 is 1.95 bits per heavy atom. The number of halogens is 1. The lowest BCUT2D eigenvalue weighted by Gasteiger charge is -2.15. The second-order valence-electron chi connectivity index (χ2n) is 5.41. The zero-order chi connectivity index (χ0) is 15.5. The molecule has 0 saturated carbocycles. The van der Waals surface area contributed by atoms with Gasteiger partial charge in [-0.05, 0) is 51.0 Å². The molecule has 0 atom stereocenters. The lowest BCUT2D eigenvalue weighted by molar-refractivity contribution is 0.337. The lowest BCUT2D eigenvalue weighted by Crippen LogP contribution is -2.22. The van der Waals surface area contributed by atoms with E-state index in [4.69, 9.17) is 5.41 Å². The maximum atomic E-state index is 7.38. The highest BCUT2D eigenvalue weighted by Crippen LogP contribution is 2.20. The van der Waals surface area contributed by atoms with Crippen LogP contribution in [0.2, 0.25) is 0 Å². The number of nitrogens with zero attached hydrogens (tertiary/aromatic N) is 1. The first-order chi connectivity index (χ1) is 10.2. The van der Waals surface area contributed by atoms with Crippen LogP contribution in [0.4, 0.5) is 5.69 Å². The maximum Gasteiger partial charge on any atom is 0.0440 e. The fourth-order valence-corrected chi connectivity index (χ4v) is 2.70. The molecule has 2 N–H and O–H groups in total. The highest BCUT2D eigenvalue weighted by atomic mass is 79.9. The molecule has 21 heavy (non-hydrogen) atoms. The summed E-state index contributed by atoms with van der Waals surface area (Å²) in [6, 6.07) is 5.96. The topological polar surface area (TPSA) is 39.1 Å². The van der Waals surface area contributed by atoms with E-state index in [9.17, 15) is 0 Å². The summed E-state index contributed by atoms with van der Waals surface area (Å²) in [5.74, 6) is 0. The van der Waals surface area contributed by atoms with Crippen molar-refractivity contribution in [2.24, 2.45) is 0 Å². The van der Waals surface area contributed by atoms with E-state index in [0.717, 1.165) is 28.7 Å². The Kier molecular flexibility index (Phi) is 9.35. The number of nitrogens with one attached hydrogen (secondary N) is 2. The molecule has 4 heteroatoms. The molecule has 0 aliphatic carbocycles. The number of hydrogen-bond acceptors (Lipinski definition) is 3. The number of anilines is 1. The van der Waals surface area contributed by atoms with Gasteiger partial charge < -0.3 is 15.6 Å². The molecule has 118 valence electrons. The molecule has 3 nitrogen and oxygen atoms in total. The van der Waals surface area contributed by atoms with Gasteiger partial charge in [-0.2, -0.15) is 0 Å². The Balaban J connectivity index is 0.000000677. The van der Waals surface area contributed by atoms with Crippen molar-refractivity contribution >= 4 is 27.8 Å². The van der Waals surface area contributed by atoms with Crippen LogP contribution < -0.4 is 5.32 Å². The number of likely N-dealkylation sites (tertiary alicyclic amines) is 1. The van der Waals surface area contributed by atoms with Crippen LogP contribution in [0.5, 0.6) is 0 Å². The molecule has 1 aliphatic heterocycles. The van der Waals surface area contributed by atoms with E-state index in [1.54, 1.807) is 0 Å². The number of benzene rings is 1. The normalized spacial score (nSPS) is 14.4. The first-order valence-corrected chi connectivity index (χ1v) is 8.76. The van der Waals surface area contributed by atoms with Crippen molar-refractivity contribution in [2.75, 3.05) is 31.5 Å². The number of hydrogen-bond donors (Lipinski definition) is 2. The van der Waals surface area contributed by atoms with Crippen LogP contribution in [0, 0.1) is 5.41 Å². The predicted octanol–water partition coefficient (Wildman–Crippen LogP) is 4.76. The Bertz CT molecular complexity index is 414. The molecule has 0 unspecified atom stereocenters. The minimum Gasteiger partial charge on any atom is -0.384 e. The minimum absolute atomic E-state index is 0.944. The summed E-state index contributed by atoms with van der Waals surface area (Å²) in [4.78, 5) is 2.53. The van der Waals surface area contributed by atoms with Gasteiger partial charge in [-0.15, -0.1) is 0 Å². The summed E-state index contributed by atoms with van der Waals surface area (Å²) in [7, 11) is 0.